The summed E-state index contributed by atoms with van der Waals surface area (Å²) in [7, 11) is 0. The van der Waals surface area contributed by atoms with Crippen molar-refractivity contribution >= 4 is 10.8 Å². The third-order valence-electron chi connectivity index (χ3n) is 3.82. The van der Waals surface area contributed by atoms with Crippen LogP contribution in [0.5, 0.6) is 0 Å². The Balaban J connectivity index is 1.97. The molecular weight excluding hydrogens is 258 g/mol. The van der Waals surface area contributed by atoms with Gasteiger partial charge in [-0.3, -0.25) is 0 Å². The molecule has 0 spiro atoms. The second-order valence-corrected chi connectivity index (χ2v) is 5.36. The minimum atomic E-state index is 0.280. The fourth-order valence-electron chi connectivity index (χ4n) is 2.79. The van der Waals surface area contributed by atoms with Crippen molar-refractivity contribution in [2.24, 2.45) is 0 Å². The molecule has 0 aliphatic carbocycles. The van der Waals surface area contributed by atoms with Crippen LogP contribution in [0.15, 0.2) is 65.3 Å². The van der Waals surface area contributed by atoms with Crippen molar-refractivity contribution in [3.63, 3.8) is 0 Å². The summed E-state index contributed by atoms with van der Waals surface area (Å²) in [5.74, 6) is 1.02. The van der Waals surface area contributed by atoms with Gasteiger partial charge in [-0.2, -0.15) is 0 Å². The second kappa shape index (κ2) is 6.59. The average molecular weight is 279 g/mol. The number of rotatable bonds is 6. The Bertz CT molecular complexity index is 682. The van der Waals surface area contributed by atoms with Gasteiger partial charge in [-0.1, -0.05) is 49.4 Å². The van der Waals surface area contributed by atoms with Gasteiger partial charge >= 0.3 is 0 Å². The fourth-order valence-corrected chi connectivity index (χ4v) is 2.79. The molecule has 1 unspecified atom stereocenters. The van der Waals surface area contributed by atoms with Crippen molar-refractivity contribution < 1.29 is 4.42 Å². The number of nitrogens with one attached hydrogen (secondary N) is 1. The maximum absolute atomic E-state index is 5.54. The highest BCUT2D eigenvalue weighted by Crippen LogP contribution is 2.27. The first-order chi connectivity index (χ1) is 10.4. The molecule has 0 fully saturated rings. The lowest BCUT2D eigenvalue weighted by molar-refractivity contribution is 0.450. The zero-order valence-corrected chi connectivity index (χ0v) is 12.4. The van der Waals surface area contributed by atoms with Crippen molar-refractivity contribution in [2.45, 2.75) is 25.8 Å². The smallest absolute Gasteiger partial charge is 0.105 e. The van der Waals surface area contributed by atoms with Gasteiger partial charge in [-0.25, -0.2) is 0 Å². The molecule has 2 heteroatoms. The molecule has 3 rings (SSSR count). The van der Waals surface area contributed by atoms with Gasteiger partial charge in [0.05, 0.1) is 6.26 Å². The molecule has 21 heavy (non-hydrogen) atoms. The van der Waals surface area contributed by atoms with E-state index >= 15 is 0 Å². The van der Waals surface area contributed by atoms with Crippen molar-refractivity contribution in [3.8, 4) is 0 Å². The van der Waals surface area contributed by atoms with Gasteiger partial charge in [-0.05, 0) is 41.4 Å². The van der Waals surface area contributed by atoms with Crippen LogP contribution in [0, 0.1) is 0 Å². The molecule has 0 aliphatic heterocycles. The molecule has 1 N–H and O–H groups in total. The molecule has 0 saturated heterocycles. The first kappa shape index (κ1) is 13.9. The highest BCUT2D eigenvalue weighted by Gasteiger charge is 2.15. The molecule has 0 bridgehead atoms. The summed E-state index contributed by atoms with van der Waals surface area (Å²) in [6, 6.07) is 19.4. The van der Waals surface area contributed by atoms with Crippen LogP contribution in [-0.2, 0) is 6.42 Å². The quantitative estimate of drug-likeness (QED) is 0.706. The van der Waals surface area contributed by atoms with Crippen LogP contribution in [0.4, 0.5) is 0 Å². The summed E-state index contributed by atoms with van der Waals surface area (Å²) in [6.45, 7) is 3.20. The monoisotopic (exact) mass is 279 g/mol. The Kier molecular flexibility index (Phi) is 4.37. The summed E-state index contributed by atoms with van der Waals surface area (Å²) in [5, 5.41) is 6.27. The first-order valence-electron chi connectivity index (χ1n) is 7.62. The maximum Gasteiger partial charge on any atom is 0.105 e. The minimum absolute atomic E-state index is 0.280. The predicted molar refractivity (Wildman–Crippen MR) is 87.4 cm³/mol. The van der Waals surface area contributed by atoms with E-state index < -0.39 is 0 Å². The first-order valence-corrected chi connectivity index (χ1v) is 7.62. The molecule has 0 aliphatic rings. The number of furan rings is 1. The molecule has 3 aromatic rings. The largest absolute Gasteiger partial charge is 0.469 e. The summed E-state index contributed by atoms with van der Waals surface area (Å²) in [5.41, 5.74) is 1.35. The molecule has 1 aromatic heterocycles. The molecule has 0 radical (unpaired) electrons. The fraction of sp³-hybridized carbons (Fsp3) is 0.263. The number of fused-ring (bicyclic) bond motifs is 1. The zero-order chi connectivity index (χ0) is 14.5. The Morgan fingerprint density at radius 3 is 2.67 bits per heavy atom. The Morgan fingerprint density at radius 1 is 1.00 bits per heavy atom. The van der Waals surface area contributed by atoms with E-state index in [9.17, 15) is 0 Å². The summed E-state index contributed by atoms with van der Waals surface area (Å²) in [6.07, 6.45) is 3.75. The summed E-state index contributed by atoms with van der Waals surface area (Å²) in [4.78, 5) is 0. The van der Waals surface area contributed by atoms with Crippen molar-refractivity contribution in [1.29, 1.82) is 0 Å². The zero-order valence-electron chi connectivity index (χ0n) is 12.4. The summed E-state index contributed by atoms with van der Waals surface area (Å²) < 4.78 is 5.54. The van der Waals surface area contributed by atoms with E-state index in [1.165, 1.54) is 16.3 Å². The molecule has 0 saturated carbocycles. The van der Waals surface area contributed by atoms with E-state index in [2.05, 4.69) is 54.7 Å². The van der Waals surface area contributed by atoms with Crippen LogP contribution in [0.1, 0.15) is 30.7 Å². The Labute approximate surface area is 125 Å². The molecule has 1 atom stereocenters. The molecular formula is C19H21NO. The van der Waals surface area contributed by atoms with Crippen molar-refractivity contribution in [3.05, 3.63) is 72.2 Å². The average Bonchev–Trinajstić information content (AvgIpc) is 3.04. The lowest BCUT2D eigenvalue weighted by atomic mass is 9.96. The second-order valence-electron chi connectivity index (χ2n) is 5.36. The number of benzene rings is 2. The van der Waals surface area contributed by atoms with Crippen molar-refractivity contribution in [1.82, 2.24) is 5.32 Å². The summed E-state index contributed by atoms with van der Waals surface area (Å²) >= 11 is 0. The number of hydrogen-bond donors (Lipinski definition) is 1. The van der Waals surface area contributed by atoms with Gasteiger partial charge in [0.1, 0.15) is 5.76 Å². The third-order valence-corrected chi connectivity index (χ3v) is 3.82. The normalized spacial score (nSPS) is 12.6. The van der Waals surface area contributed by atoms with Crippen LogP contribution in [-0.4, -0.2) is 6.54 Å². The van der Waals surface area contributed by atoms with Crippen LogP contribution in [0.3, 0.4) is 0 Å². The van der Waals surface area contributed by atoms with Crippen LogP contribution in [0.25, 0.3) is 10.8 Å². The third kappa shape index (κ3) is 3.17. The van der Waals surface area contributed by atoms with Gasteiger partial charge in [0.15, 0.2) is 0 Å². The van der Waals surface area contributed by atoms with E-state index in [0.717, 1.165) is 25.1 Å². The van der Waals surface area contributed by atoms with Crippen LogP contribution < -0.4 is 5.32 Å². The predicted octanol–water partition coefficient (Wildman–Crippen LogP) is 4.72. The highest BCUT2D eigenvalue weighted by atomic mass is 16.3. The van der Waals surface area contributed by atoms with Gasteiger partial charge in [-0.15, -0.1) is 0 Å². The lowest BCUT2D eigenvalue weighted by Crippen LogP contribution is -2.24. The molecule has 0 amide bonds. The van der Waals surface area contributed by atoms with Gasteiger partial charge in [0, 0.05) is 12.5 Å². The van der Waals surface area contributed by atoms with E-state index in [1.807, 2.05) is 12.1 Å². The SMILES string of the molecule is CCCNC(Cc1ccco1)c1cccc2ccccc12. The van der Waals surface area contributed by atoms with Crippen molar-refractivity contribution in [2.75, 3.05) is 6.54 Å². The lowest BCUT2D eigenvalue weighted by Gasteiger charge is -2.20. The topological polar surface area (TPSA) is 25.2 Å². The van der Waals surface area contributed by atoms with Gasteiger partial charge in [0.25, 0.3) is 0 Å². The van der Waals surface area contributed by atoms with E-state index in [-0.39, 0.29) is 6.04 Å². The van der Waals surface area contributed by atoms with Gasteiger partial charge < -0.3 is 9.73 Å². The van der Waals surface area contributed by atoms with E-state index in [0.29, 0.717) is 0 Å². The molecule has 2 aromatic carbocycles. The Morgan fingerprint density at radius 2 is 1.86 bits per heavy atom. The number of hydrogen-bond acceptors (Lipinski definition) is 2. The molecule has 2 nitrogen and oxygen atoms in total. The molecule has 108 valence electrons. The molecule has 1 heterocycles. The van der Waals surface area contributed by atoms with Crippen LogP contribution >= 0.6 is 0 Å². The minimum Gasteiger partial charge on any atom is -0.469 e. The standard InChI is InChI=1S/C19H21NO/c1-2-12-20-19(14-16-9-6-13-21-16)18-11-5-8-15-7-3-4-10-17(15)18/h3-11,13,19-20H,2,12,14H2,1H3. The van der Waals surface area contributed by atoms with E-state index in [1.54, 1.807) is 6.26 Å². The Hall–Kier alpha value is -2.06. The maximum atomic E-state index is 5.54. The van der Waals surface area contributed by atoms with Crippen LogP contribution in [0.2, 0.25) is 0 Å². The highest BCUT2D eigenvalue weighted by molar-refractivity contribution is 5.86. The van der Waals surface area contributed by atoms with Gasteiger partial charge in [0.2, 0.25) is 0 Å². The van der Waals surface area contributed by atoms with E-state index in [4.69, 9.17) is 4.42 Å².